The van der Waals surface area contributed by atoms with Gasteiger partial charge >= 0.3 is 11.9 Å². The molecular formula is C16H23NO5. The van der Waals surface area contributed by atoms with Gasteiger partial charge in [-0.3, -0.25) is 9.59 Å². The van der Waals surface area contributed by atoms with Crippen molar-refractivity contribution in [3.05, 3.63) is 11.5 Å². The van der Waals surface area contributed by atoms with Crippen LogP contribution in [0, 0.1) is 16.7 Å². The third kappa shape index (κ3) is 2.40. The van der Waals surface area contributed by atoms with Gasteiger partial charge in [0.15, 0.2) is 11.5 Å². The Morgan fingerprint density at radius 3 is 2.00 bits per heavy atom. The van der Waals surface area contributed by atoms with E-state index in [4.69, 9.17) is 9.47 Å². The van der Waals surface area contributed by atoms with E-state index >= 15 is 0 Å². The standard InChI is InChI=1S/C16H23NO5/c1-9(2)14(20)17-8-11(19)22-13-12(21-10(3)18)15(4)6-7-16(13,15)5/h9H,6-8H2,1-5H3,(H,17,20). The molecule has 6 nitrogen and oxygen atoms in total. The lowest BCUT2D eigenvalue weighted by molar-refractivity contribution is -0.171. The minimum Gasteiger partial charge on any atom is -0.427 e. The van der Waals surface area contributed by atoms with Gasteiger partial charge in [-0.15, -0.1) is 0 Å². The number of hydrogen-bond donors (Lipinski definition) is 1. The Balaban J connectivity index is 2.05. The van der Waals surface area contributed by atoms with E-state index in [1.807, 2.05) is 13.8 Å². The topological polar surface area (TPSA) is 81.7 Å². The minimum absolute atomic E-state index is 0.194. The fraction of sp³-hybridized carbons (Fsp3) is 0.688. The van der Waals surface area contributed by atoms with Crippen molar-refractivity contribution in [2.45, 2.75) is 47.5 Å². The SMILES string of the molecule is CC(=O)OC1=C(OC(=O)CNC(=O)C(C)C)C2(C)CCC12C. The molecule has 122 valence electrons. The Labute approximate surface area is 130 Å². The number of carbonyl (C=O) groups excluding carboxylic acids is 3. The third-order valence-corrected chi connectivity index (χ3v) is 4.94. The highest BCUT2D eigenvalue weighted by atomic mass is 16.6. The first-order valence-electron chi connectivity index (χ1n) is 7.54. The van der Waals surface area contributed by atoms with Gasteiger partial charge in [0.25, 0.3) is 0 Å². The molecule has 2 aliphatic rings. The molecule has 1 amide bonds. The molecule has 2 rings (SSSR count). The fourth-order valence-corrected chi connectivity index (χ4v) is 3.02. The van der Waals surface area contributed by atoms with Gasteiger partial charge in [0.05, 0.1) is 0 Å². The molecule has 0 aromatic rings. The molecule has 6 heteroatoms. The third-order valence-electron chi connectivity index (χ3n) is 4.94. The van der Waals surface area contributed by atoms with E-state index in [1.54, 1.807) is 13.8 Å². The zero-order valence-electron chi connectivity index (χ0n) is 13.7. The van der Waals surface area contributed by atoms with Crippen molar-refractivity contribution >= 4 is 17.8 Å². The monoisotopic (exact) mass is 309 g/mol. The van der Waals surface area contributed by atoms with Crippen molar-refractivity contribution in [3.8, 4) is 0 Å². The van der Waals surface area contributed by atoms with E-state index in [2.05, 4.69) is 5.32 Å². The van der Waals surface area contributed by atoms with E-state index in [-0.39, 0.29) is 29.2 Å². The van der Waals surface area contributed by atoms with Crippen LogP contribution in [0.2, 0.25) is 0 Å². The molecule has 0 bridgehead atoms. The summed E-state index contributed by atoms with van der Waals surface area (Å²) in [6, 6.07) is 0. The summed E-state index contributed by atoms with van der Waals surface area (Å²) in [5.74, 6) is -0.493. The van der Waals surface area contributed by atoms with Crippen molar-refractivity contribution in [2.24, 2.45) is 16.7 Å². The summed E-state index contributed by atoms with van der Waals surface area (Å²) in [7, 11) is 0. The van der Waals surface area contributed by atoms with Crippen molar-refractivity contribution < 1.29 is 23.9 Å². The van der Waals surface area contributed by atoms with Gasteiger partial charge in [-0.25, -0.2) is 4.79 Å². The van der Waals surface area contributed by atoms with Crippen LogP contribution in [-0.4, -0.2) is 24.4 Å². The van der Waals surface area contributed by atoms with Crippen molar-refractivity contribution in [3.63, 3.8) is 0 Å². The normalized spacial score (nSPS) is 29.2. The molecule has 1 N–H and O–H groups in total. The summed E-state index contributed by atoms with van der Waals surface area (Å²) >= 11 is 0. The lowest BCUT2D eigenvalue weighted by Crippen LogP contribution is -2.60. The van der Waals surface area contributed by atoms with Crippen LogP contribution >= 0.6 is 0 Å². The quantitative estimate of drug-likeness (QED) is 0.784. The molecule has 2 aliphatic carbocycles. The van der Waals surface area contributed by atoms with E-state index < -0.39 is 11.9 Å². The van der Waals surface area contributed by atoms with Crippen LogP contribution in [0.4, 0.5) is 0 Å². The number of rotatable bonds is 5. The summed E-state index contributed by atoms with van der Waals surface area (Å²) < 4.78 is 10.6. The smallest absolute Gasteiger partial charge is 0.330 e. The molecule has 1 fully saturated rings. The average Bonchev–Trinajstić information content (AvgIpc) is 2.44. The maximum absolute atomic E-state index is 11.9. The van der Waals surface area contributed by atoms with Crippen LogP contribution in [0.5, 0.6) is 0 Å². The van der Waals surface area contributed by atoms with Crippen LogP contribution in [0.3, 0.4) is 0 Å². The molecule has 22 heavy (non-hydrogen) atoms. The van der Waals surface area contributed by atoms with Gasteiger partial charge < -0.3 is 14.8 Å². The number of ether oxygens (including phenoxy) is 2. The molecule has 0 heterocycles. The first kappa shape index (κ1) is 16.5. The van der Waals surface area contributed by atoms with Gasteiger partial charge in [-0.05, 0) is 12.8 Å². The molecule has 0 aromatic carbocycles. The lowest BCUT2D eigenvalue weighted by atomic mass is 9.42. The highest BCUT2D eigenvalue weighted by molar-refractivity contribution is 5.83. The second-order valence-electron chi connectivity index (χ2n) is 6.76. The molecule has 0 spiro atoms. The number of hydrogen-bond acceptors (Lipinski definition) is 5. The Bertz CT molecular complexity index is 565. The first-order chi connectivity index (χ1) is 10.1. The summed E-state index contributed by atoms with van der Waals surface area (Å²) in [5.41, 5.74) is -0.509. The molecule has 0 aliphatic heterocycles. The van der Waals surface area contributed by atoms with Crippen LogP contribution in [-0.2, 0) is 23.9 Å². The molecule has 0 radical (unpaired) electrons. The van der Waals surface area contributed by atoms with E-state index in [0.29, 0.717) is 11.5 Å². The van der Waals surface area contributed by atoms with Crippen molar-refractivity contribution in [2.75, 3.05) is 6.54 Å². The molecule has 0 saturated heterocycles. The van der Waals surface area contributed by atoms with Gasteiger partial charge in [-0.1, -0.05) is 27.7 Å². The number of allylic oxidation sites excluding steroid dienone is 2. The minimum atomic E-state index is -0.552. The summed E-state index contributed by atoms with van der Waals surface area (Å²) in [6.07, 6.45) is 1.78. The van der Waals surface area contributed by atoms with Crippen molar-refractivity contribution in [1.29, 1.82) is 0 Å². The van der Waals surface area contributed by atoms with Gasteiger partial charge in [0.1, 0.15) is 6.54 Å². The number of esters is 2. The van der Waals surface area contributed by atoms with Crippen molar-refractivity contribution in [1.82, 2.24) is 5.32 Å². The first-order valence-corrected chi connectivity index (χ1v) is 7.54. The second-order valence-corrected chi connectivity index (χ2v) is 6.76. The zero-order chi connectivity index (χ0) is 16.7. The molecule has 1 saturated carbocycles. The van der Waals surface area contributed by atoms with Crippen LogP contribution in [0.1, 0.15) is 47.5 Å². The van der Waals surface area contributed by atoms with Gasteiger partial charge in [-0.2, -0.15) is 0 Å². The maximum atomic E-state index is 11.9. The fourth-order valence-electron chi connectivity index (χ4n) is 3.02. The number of amides is 1. The lowest BCUT2D eigenvalue weighted by Gasteiger charge is -2.63. The number of carbonyl (C=O) groups is 3. The van der Waals surface area contributed by atoms with Crippen LogP contribution in [0.15, 0.2) is 11.5 Å². The van der Waals surface area contributed by atoms with Gasteiger partial charge in [0.2, 0.25) is 5.91 Å². The maximum Gasteiger partial charge on any atom is 0.330 e. The van der Waals surface area contributed by atoms with Crippen LogP contribution in [0.25, 0.3) is 0 Å². The Hall–Kier alpha value is -1.85. The second kappa shape index (κ2) is 5.41. The Kier molecular flexibility index (Phi) is 4.06. The Morgan fingerprint density at radius 1 is 1.09 bits per heavy atom. The number of nitrogens with one attached hydrogen (secondary N) is 1. The predicted octanol–water partition coefficient (Wildman–Crippen LogP) is 1.90. The van der Waals surface area contributed by atoms with E-state index in [9.17, 15) is 14.4 Å². The van der Waals surface area contributed by atoms with Gasteiger partial charge in [0, 0.05) is 23.7 Å². The summed E-state index contributed by atoms with van der Waals surface area (Å²) in [4.78, 5) is 34.6. The molecule has 2 atom stereocenters. The highest BCUT2D eigenvalue weighted by Gasteiger charge is 2.69. The molecular weight excluding hydrogens is 286 g/mol. The molecule has 2 unspecified atom stereocenters. The van der Waals surface area contributed by atoms with Crippen LogP contribution < -0.4 is 5.32 Å². The highest BCUT2D eigenvalue weighted by Crippen LogP contribution is 2.73. The summed E-state index contributed by atoms with van der Waals surface area (Å²) in [5, 5.41) is 2.51. The predicted molar refractivity (Wildman–Crippen MR) is 78.2 cm³/mol. The zero-order valence-corrected chi connectivity index (χ0v) is 13.7. The number of fused-ring (bicyclic) bond motifs is 1. The van der Waals surface area contributed by atoms with E-state index in [0.717, 1.165) is 12.8 Å². The van der Waals surface area contributed by atoms with E-state index in [1.165, 1.54) is 6.92 Å². The largest absolute Gasteiger partial charge is 0.427 e. The Morgan fingerprint density at radius 2 is 1.59 bits per heavy atom. The summed E-state index contributed by atoms with van der Waals surface area (Å²) in [6.45, 7) is 8.63. The molecule has 0 aromatic heterocycles. The average molecular weight is 309 g/mol.